The first-order valence-electron chi connectivity index (χ1n) is 6.96. The summed E-state index contributed by atoms with van der Waals surface area (Å²) in [5.74, 6) is 0. The van der Waals surface area contributed by atoms with Gasteiger partial charge in [-0.1, -0.05) is 18.2 Å². The zero-order chi connectivity index (χ0) is 15.2. The number of hydrogen-bond donors (Lipinski definition) is 0. The van der Waals surface area contributed by atoms with Gasteiger partial charge >= 0.3 is 6.09 Å². The maximum Gasteiger partial charge on any atom is 0.410 e. The van der Waals surface area contributed by atoms with Crippen molar-refractivity contribution < 1.29 is 9.53 Å². The van der Waals surface area contributed by atoms with Gasteiger partial charge in [0.2, 0.25) is 0 Å². The van der Waals surface area contributed by atoms with Crippen LogP contribution < -0.4 is 0 Å². The van der Waals surface area contributed by atoms with E-state index in [2.05, 4.69) is 39.8 Å². The molecular weight excluding hydrogens is 381 g/mol. The monoisotopic (exact) mass is 399 g/mol. The summed E-state index contributed by atoms with van der Waals surface area (Å²) in [5, 5.41) is 5.77. The Morgan fingerprint density at radius 3 is 2.67 bits per heavy atom. The average Bonchev–Trinajstić information content (AvgIpc) is 2.64. The molecule has 3 rings (SSSR count). The Morgan fingerprint density at radius 1 is 1.33 bits per heavy atom. The molecule has 1 fully saturated rings. The Labute approximate surface area is 137 Å². The van der Waals surface area contributed by atoms with E-state index < -0.39 is 5.60 Å². The molecule has 5 nitrogen and oxygen atoms in total. The van der Waals surface area contributed by atoms with Crippen LogP contribution in [0.3, 0.4) is 0 Å². The molecule has 0 N–H and O–H groups in total. The van der Waals surface area contributed by atoms with E-state index in [0.717, 1.165) is 14.6 Å². The number of carbonyl (C=O) groups is 1. The van der Waals surface area contributed by atoms with Crippen molar-refractivity contribution in [2.75, 3.05) is 13.1 Å². The van der Waals surface area contributed by atoms with Crippen molar-refractivity contribution in [3.05, 3.63) is 28.0 Å². The number of amides is 1. The van der Waals surface area contributed by atoms with E-state index in [1.165, 1.54) is 0 Å². The van der Waals surface area contributed by atoms with Gasteiger partial charge in [-0.2, -0.15) is 5.10 Å². The fourth-order valence-electron chi connectivity index (χ4n) is 2.41. The van der Waals surface area contributed by atoms with E-state index in [9.17, 15) is 4.79 Å². The van der Waals surface area contributed by atoms with Crippen molar-refractivity contribution in [1.82, 2.24) is 14.7 Å². The number of hydrogen-bond acceptors (Lipinski definition) is 3. The summed E-state index contributed by atoms with van der Waals surface area (Å²) < 4.78 is 8.40. The van der Waals surface area contributed by atoms with Crippen molar-refractivity contribution in [2.45, 2.75) is 32.4 Å². The first-order chi connectivity index (χ1) is 9.85. The van der Waals surface area contributed by atoms with Crippen LogP contribution in [0.25, 0.3) is 10.9 Å². The summed E-state index contributed by atoms with van der Waals surface area (Å²) in [7, 11) is 0. The van der Waals surface area contributed by atoms with Crippen LogP contribution in [0.15, 0.2) is 24.3 Å². The molecule has 0 atom stereocenters. The van der Waals surface area contributed by atoms with Gasteiger partial charge in [-0.3, -0.25) is 4.68 Å². The van der Waals surface area contributed by atoms with Crippen LogP contribution in [0.4, 0.5) is 4.79 Å². The van der Waals surface area contributed by atoms with Gasteiger partial charge in [0, 0.05) is 18.5 Å². The molecule has 1 amide bonds. The predicted octanol–water partition coefficient (Wildman–Crippen LogP) is 3.43. The highest BCUT2D eigenvalue weighted by Gasteiger charge is 2.36. The number of rotatable bonds is 1. The third-order valence-electron chi connectivity index (χ3n) is 3.43. The van der Waals surface area contributed by atoms with E-state index in [4.69, 9.17) is 4.74 Å². The molecule has 1 aromatic carbocycles. The maximum absolute atomic E-state index is 12.0. The molecule has 21 heavy (non-hydrogen) atoms. The van der Waals surface area contributed by atoms with Gasteiger partial charge in [0.15, 0.2) is 0 Å². The van der Waals surface area contributed by atoms with Gasteiger partial charge in [0.05, 0.1) is 11.6 Å². The minimum atomic E-state index is -0.448. The lowest BCUT2D eigenvalue weighted by Gasteiger charge is -2.39. The number of para-hydroxylation sites is 1. The van der Waals surface area contributed by atoms with Crippen molar-refractivity contribution in [2.24, 2.45) is 0 Å². The van der Waals surface area contributed by atoms with Crippen LogP contribution in [0.5, 0.6) is 0 Å². The van der Waals surface area contributed by atoms with Crippen molar-refractivity contribution in [3.8, 4) is 0 Å². The number of carbonyl (C=O) groups excluding carboxylic acids is 1. The van der Waals surface area contributed by atoms with Crippen LogP contribution in [0.2, 0.25) is 0 Å². The van der Waals surface area contributed by atoms with E-state index in [1.54, 1.807) is 4.90 Å². The Balaban J connectivity index is 1.72. The largest absolute Gasteiger partial charge is 0.444 e. The van der Waals surface area contributed by atoms with Crippen LogP contribution in [-0.2, 0) is 4.74 Å². The van der Waals surface area contributed by atoms with E-state index in [1.807, 2.05) is 37.6 Å². The fraction of sp³-hybridized carbons (Fsp3) is 0.467. The molecule has 0 aliphatic carbocycles. The summed E-state index contributed by atoms with van der Waals surface area (Å²) in [4.78, 5) is 13.7. The standard InChI is InChI=1S/C15H18IN3O2/c1-15(2,3)21-14(20)18-8-10(9-18)19-12-7-5-4-6-11(12)13(16)17-19/h4-7,10H,8-9H2,1-3H3. The number of aromatic nitrogens is 2. The van der Waals surface area contributed by atoms with E-state index in [-0.39, 0.29) is 12.1 Å². The Hall–Kier alpha value is -1.31. The normalized spacial score (nSPS) is 16.1. The summed E-state index contributed by atoms with van der Waals surface area (Å²) in [6.07, 6.45) is -0.245. The van der Waals surface area contributed by atoms with Gasteiger partial charge in [0.25, 0.3) is 0 Å². The molecule has 0 saturated carbocycles. The van der Waals surface area contributed by atoms with Crippen LogP contribution in [0.1, 0.15) is 26.8 Å². The highest BCUT2D eigenvalue weighted by molar-refractivity contribution is 14.1. The van der Waals surface area contributed by atoms with Crippen molar-refractivity contribution in [3.63, 3.8) is 0 Å². The van der Waals surface area contributed by atoms with Crippen molar-refractivity contribution >= 4 is 39.6 Å². The lowest BCUT2D eigenvalue weighted by Crippen LogP contribution is -2.52. The van der Waals surface area contributed by atoms with Gasteiger partial charge < -0.3 is 9.64 Å². The van der Waals surface area contributed by atoms with Gasteiger partial charge in [-0.15, -0.1) is 0 Å². The summed E-state index contributed by atoms with van der Waals surface area (Å²) >= 11 is 2.25. The second-order valence-corrected chi connectivity index (χ2v) is 7.31. The second-order valence-electron chi connectivity index (χ2n) is 6.29. The Bertz CT molecular complexity index is 684. The third-order valence-corrected chi connectivity index (χ3v) is 4.23. The fourth-order valence-corrected chi connectivity index (χ4v) is 3.10. The van der Waals surface area contributed by atoms with Gasteiger partial charge in [0.1, 0.15) is 9.30 Å². The Kier molecular flexibility index (Phi) is 3.59. The summed E-state index contributed by atoms with van der Waals surface area (Å²) in [5.41, 5.74) is 0.673. The zero-order valence-electron chi connectivity index (χ0n) is 12.3. The van der Waals surface area contributed by atoms with Gasteiger partial charge in [-0.25, -0.2) is 4.79 Å². The molecule has 2 heterocycles. The number of ether oxygens (including phenoxy) is 1. The van der Waals surface area contributed by atoms with E-state index >= 15 is 0 Å². The molecule has 1 aliphatic heterocycles. The zero-order valence-corrected chi connectivity index (χ0v) is 14.5. The number of nitrogens with zero attached hydrogens (tertiary/aromatic N) is 3. The molecule has 1 saturated heterocycles. The molecule has 0 unspecified atom stereocenters. The topological polar surface area (TPSA) is 47.4 Å². The Morgan fingerprint density at radius 2 is 2.00 bits per heavy atom. The molecule has 0 spiro atoms. The molecule has 6 heteroatoms. The number of benzene rings is 1. The predicted molar refractivity (Wildman–Crippen MR) is 89.3 cm³/mol. The van der Waals surface area contributed by atoms with Crippen LogP contribution >= 0.6 is 22.6 Å². The molecule has 1 aliphatic rings. The van der Waals surface area contributed by atoms with Crippen molar-refractivity contribution in [1.29, 1.82) is 0 Å². The quantitative estimate of drug-likeness (QED) is 0.691. The minimum absolute atomic E-state index is 0.228. The SMILES string of the molecule is CC(C)(C)OC(=O)N1CC(n2nc(I)c3ccccc32)C1. The highest BCUT2D eigenvalue weighted by atomic mass is 127. The van der Waals surface area contributed by atoms with E-state index in [0.29, 0.717) is 13.1 Å². The molecule has 2 aromatic rings. The second kappa shape index (κ2) is 5.15. The van der Waals surface area contributed by atoms with Crippen LogP contribution in [0, 0.1) is 3.70 Å². The van der Waals surface area contributed by atoms with Gasteiger partial charge in [-0.05, 0) is 49.4 Å². The molecule has 0 bridgehead atoms. The minimum Gasteiger partial charge on any atom is -0.444 e. The third kappa shape index (κ3) is 2.86. The first-order valence-corrected chi connectivity index (χ1v) is 8.04. The molecule has 112 valence electrons. The number of likely N-dealkylation sites (tertiary alicyclic amines) is 1. The average molecular weight is 399 g/mol. The van der Waals surface area contributed by atoms with Crippen LogP contribution in [-0.4, -0.2) is 39.5 Å². The summed E-state index contributed by atoms with van der Waals surface area (Å²) in [6, 6.07) is 8.41. The smallest absolute Gasteiger partial charge is 0.410 e. The lowest BCUT2D eigenvalue weighted by atomic mass is 10.1. The number of fused-ring (bicyclic) bond motifs is 1. The molecule has 1 aromatic heterocycles. The highest BCUT2D eigenvalue weighted by Crippen LogP contribution is 2.28. The first kappa shape index (κ1) is 14.6. The summed E-state index contributed by atoms with van der Waals surface area (Å²) in [6.45, 7) is 6.94. The molecule has 0 radical (unpaired) electrons. The number of halogens is 1. The maximum atomic E-state index is 12.0. The lowest BCUT2D eigenvalue weighted by molar-refractivity contribution is 0.000120. The molecular formula is C15H18IN3O2.